The number of benzene rings is 2. The minimum absolute atomic E-state index is 0.0749. The van der Waals surface area contributed by atoms with E-state index >= 15 is 0 Å². The molecule has 1 N–H and O–H groups in total. The van der Waals surface area contributed by atoms with Crippen LogP contribution in [0.15, 0.2) is 42.6 Å². The molecular formula is C20H19ClN4O4. The summed E-state index contributed by atoms with van der Waals surface area (Å²) >= 11 is 5.94. The lowest BCUT2D eigenvalue weighted by Gasteiger charge is -2.11. The Morgan fingerprint density at radius 2 is 1.79 bits per heavy atom. The van der Waals surface area contributed by atoms with E-state index in [1.165, 1.54) is 29.1 Å². The highest BCUT2D eigenvalue weighted by atomic mass is 35.5. The smallest absolute Gasteiger partial charge is 0.275 e. The summed E-state index contributed by atoms with van der Waals surface area (Å²) in [6.45, 7) is 5.53. The molecule has 3 rings (SSSR count). The zero-order chi connectivity index (χ0) is 21.1. The van der Waals surface area contributed by atoms with Crippen molar-refractivity contribution in [2.75, 3.05) is 5.32 Å². The number of carbonyl (C=O) groups is 1. The number of carbonyl (C=O) groups excluding carboxylic acids is 1. The lowest BCUT2D eigenvalue weighted by molar-refractivity contribution is -0.384. The van der Waals surface area contributed by atoms with Crippen LogP contribution in [0.2, 0.25) is 5.02 Å². The van der Waals surface area contributed by atoms with Gasteiger partial charge in [0.15, 0.2) is 0 Å². The first-order valence-corrected chi connectivity index (χ1v) is 9.12. The molecule has 150 valence electrons. The molecule has 2 aromatic carbocycles. The number of non-ortho nitro benzene ring substituents is 1. The standard InChI is InChI=1S/C20H19ClN4O4/c1-12-4-13(2)6-17(5-12)29-18-8-15(7-16(9-18)25(27)28)23-20(26)11-24-14(3)19(21)10-22-24/h4-10H,11H2,1-3H3,(H,23,26). The second kappa shape index (κ2) is 8.32. The van der Waals surface area contributed by atoms with Gasteiger partial charge in [0, 0.05) is 12.1 Å². The van der Waals surface area contributed by atoms with Crippen LogP contribution in [-0.4, -0.2) is 20.6 Å². The predicted molar refractivity (Wildman–Crippen MR) is 110 cm³/mol. The number of rotatable bonds is 6. The maximum absolute atomic E-state index is 12.4. The van der Waals surface area contributed by atoms with Crippen LogP contribution in [0.3, 0.4) is 0 Å². The molecule has 1 heterocycles. The van der Waals surface area contributed by atoms with E-state index in [-0.39, 0.29) is 23.7 Å². The number of nitrogens with one attached hydrogen (secondary N) is 1. The Balaban J connectivity index is 1.83. The largest absolute Gasteiger partial charge is 0.457 e. The van der Waals surface area contributed by atoms with Crippen molar-refractivity contribution in [3.8, 4) is 11.5 Å². The highest BCUT2D eigenvalue weighted by Gasteiger charge is 2.15. The minimum Gasteiger partial charge on any atom is -0.457 e. The molecule has 0 saturated carbocycles. The first-order valence-electron chi connectivity index (χ1n) is 8.74. The molecule has 0 radical (unpaired) electrons. The molecular weight excluding hydrogens is 396 g/mol. The van der Waals surface area contributed by atoms with Gasteiger partial charge < -0.3 is 10.1 Å². The van der Waals surface area contributed by atoms with Gasteiger partial charge in [-0.1, -0.05) is 17.7 Å². The Labute approximate surface area is 172 Å². The van der Waals surface area contributed by atoms with Gasteiger partial charge in [0.05, 0.1) is 33.6 Å². The number of nitrogens with zero attached hydrogens (tertiary/aromatic N) is 3. The third-order valence-electron chi connectivity index (χ3n) is 4.15. The molecule has 0 aliphatic heterocycles. The van der Waals surface area contributed by atoms with Crippen LogP contribution in [0.1, 0.15) is 16.8 Å². The van der Waals surface area contributed by atoms with Gasteiger partial charge in [-0.05, 0) is 44.0 Å². The van der Waals surface area contributed by atoms with E-state index in [2.05, 4.69) is 10.4 Å². The van der Waals surface area contributed by atoms with Gasteiger partial charge >= 0.3 is 0 Å². The monoisotopic (exact) mass is 414 g/mol. The number of halogens is 1. The normalized spacial score (nSPS) is 10.6. The lowest BCUT2D eigenvalue weighted by Crippen LogP contribution is -2.20. The van der Waals surface area contributed by atoms with Crippen molar-refractivity contribution in [2.24, 2.45) is 0 Å². The Hall–Kier alpha value is -3.39. The summed E-state index contributed by atoms with van der Waals surface area (Å²) in [4.78, 5) is 23.1. The predicted octanol–water partition coefficient (Wildman–Crippen LogP) is 4.80. The topological polar surface area (TPSA) is 99.3 Å². The minimum atomic E-state index is -0.540. The number of hydrogen-bond acceptors (Lipinski definition) is 5. The van der Waals surface area contributed by atoms with Crippen molar-refractivity contribution in [3.05, 3.63) is 74.6 Å². The maximum Gasteiger partial charge on any atom is 0.275 e. The van der Waals surface area contributed by atoms with Crippen molar-refractivity contribution in [1.29, 1.82) is 0 Å². The maximum atomic E-state index is 12.4. The molecule has 0 spiro atoms. The van der Waals surface area contributed by atoms with Crippen molar-refractivity contribution in [2.45, 2.75) is 27.3 Å². The third-order valence-corrected chi connectivity index (χ3v) is 4.52. The van der Waals surface area contributed by atoms with E-state index in [4.69, 9.17) is 16.3 Å². The number of aryl methyl sites for hydroxylation is 2. The Morgan fingerprint density at radius 1 is 1.14 bits per heavy atom. The zero-order valence-electron chi connectivity index (χ0n) is 16.1. The zero-order valence-corrected chi connectivity index (χ0v) is 16.9. The SMILES string of the molecule is Cc1cc(C)cc(Oc2cc(NC(=O)Cn3ncc(Cl)c3C)cc([N+](=O)[O-])c2)c1. The first kappa shape index (κ1) is 20.3. The molecule has 9 heteroatoms. The van der Waals surface area contributed by atoms with Crippen molar-refractivity contribution in [1.82, 2.24) is 9.78 Å². The molecule has 0 aliphatic rings. The second-order valence-corrected chi connectivity index (χ2v) is 7.09. The van der Waals surface area contributed by atoms with Crippen molar-refractivity contribution >= 4 is 28.9 Å². The average Bonchev–Trinajstić information content (AvgIpc) is 2.92. The van der Waals surface area contributed by atoms with Gasteiger partial charge in [-0.3, -0.25) is 19.6 Å². The highest BCUT2D eigenvalue weighted by molar-refractivity contribution is 6.31. The lowest BCUT2D eigenvalue weighted by atomic mass is 10.1. The molecule has 29 heavy (non-hydrogen) atoms. The van der Waals surface area contributed by atoms with Crippen LogP contribution >= 0.6 is 11.6 Å². The van der Waals surface area contributed by atoms with Crippen LogP contribution in [-0.2, 0) is 11.3 Å². The van der Waals surface area contributed by atoms with E-state index < -0.39 is 10.8 Å². The van der Waals surface area contributed by atoms with Gasteiger partial charge in [-0.15, -0.1) is 0 Å². The van der Waals surface area contributed by atoms with Crippen LogP contribution in [0.5, 0.6) is 11.5 Å². The second-order valence-electron chi connectivity index (χ2n) is 6.68. The Bertz CT molecular complexity index is 1070. The van der Waals surface area contributed by atoms with Gasteiger partial charge in [0.2, 0.25) is 5.91 Å². The number of ether oxygens (including phenoxy) is 1. The van der Waals surface area contributed by atoms with Crippen LogP contribution in [0, 0.1) is 30.9 Å². The summed E-state index contributed by atoms with van der Waals surface area (Å²) in [5.41, 5.74) is 2.72. The van der Waals surface area contributed by atoms with Crippen LogP contribution in [0.4, 0.5) is 11.4 Å². The van der Waals surface area contributed by atoms with E-state index in [0.29, 0.717) is 16.5 Å². The van der Waals surface area contributed by atoms with E-state index in [0.717, 1.165) is 11.1 Å². The number of hydrogen-bond donors (Lipinski definition) is 1. The number of anilines is 1. The van der Waals surface area contributed by atoms with Crippen molar-refractivity contribution < 1.29 is 14.5 Å². The number of nitro benzene ring substituents is 1. The van der Waals surface area contributed by atoms with Crippen molar-refractivity contribution in [3.63, 3.8) is 0 Å². The highest BCUT2D eigenvalue weighted by Crippen LogP contribution is 2.30. The molecule has 0 unspecified atom stereocenters. The van der Waals surface area contributed by atoms with Gasteiger partial charge in [-0.2, -0.15) is 5.10 Å². The molecule has 0 saturated heterocycles. The molecule has 1 amide bonds. The molecule has 0 bridgehead atoms. The summed E-state index contributed by atoms with van der Waals surface area (Å²) in [7, 11) is 0. The molecule has 1 aromatic heterocycles. The number of nitro groups is 1. The summed E-state index contributed by atoms with van der Waals surface area (Å²) in [5.74, 6) is 0.408. The summed E-state index contributed by atoms with van der Waals surface area (Å²) in [5, 5.41) is 18.4. The molecule has 0 fully saturated rings. The number of amides is 1. The number of aromatic nitrogens is 2. The summed E-state index contributed by atoms with van der Waals surface area (Å²) in [6, 6.07) is 9.77. The first-order chi connectivity index (χ1) is 13.7. The van der Waals surface area contributed by atoms with Gasteiger partial charge in [0.1, 0.15) is 18.0 Å². The quantitative estimate of drug-likeness (QED) is 0.461. The molecule has 8 nitrogen and oxygen atoms in total. The van der Waals surface area contributed by atoms with E-state index in [1.807, 2.05) is 32.0 Å². The fourth-order valence-electron chi connectivity index (χ4n) is 2.87. The van der Waals surface area contributed by atoms with Crippen LogP contribution in [0.25, 0.3) is 0 Å². The third kappa shape index (κ3) is 5.11. The summed E-state index contributed by atoms with van der Waals surface area (Å²) < 4.78 is 7.25. The van der Waals surface area contributed by atoms with Gasteiger partial charge in [-0.25, -0.2) is 0 Å². The molecule has 0 atom stereocenters. The fourth-order valence-corrected chi connectivity index (χ4v) is 3.01. The Morgan fingerprint density at radius 3 is 2.38 bits per heavy atom. The van der Waals surface area contributed by atoms with Crippen LogP contribution < -0.4 is 10.1 Å². The van der Waals surface area contributed by atoms with E-state index in [9.17, 15) is 14.9 Å². The van der Waals surface area contributed by atoms with Gasteiger partial charge in [0.25, 0.3) is 5.69 Å². The average molecular weight is 415 g/mol. The molecule has 0 aliphatic carbocycles. The molecule has 3 aromatic rings. The summed E-state index contributed by atoms with van der Waals surface area (Å²) in [6.07, 6.45) is 1.45. The fraction of sp³-hybridized carbons (Fsp3) is 0.200. The van der Waals surface area contributed by atoms with E-state index in [1.54, 1.807) is 6.92 Å². The Kier molecular flexibility index (Phi) is 5.84.